The molecule has 9 heteroatoms. The molecule has 1 aromatic heterocycles. The maximum absolute atomic E-state index is 12.5. The van der Waals surface area contributed by atoms with Gasteiger partial charge in [0.25, 0.3) is 12.3 Å². The topological polar surface area (TPSA) is 55.1 Å². The number of rotatable bonds is 3. The third-order valence-electron chi connectivity index (χ3n) is 1.79. The van der Waals surface area contributed by atoms with Crippen LogP contribution in [0.3, 0.4) is 0 Å². The van der Waals surface area contributed by atoms with E-state index in [9.17, 15) is 22.0 Å². The van der Waals surface area contributed by atoms with Crippen LogP contribution in [0.2, 0.25) is 0 Å². The third kappa shape index (κ3) is 2.97. The Morgan fingerprint density at radius 1 is 1.39 bits per heavy atom. The van der Waals surface area contributed by atoms with Gasteiger partial charge in [0.15, 0.2) is 5.75 Å². The molecule has 1 aromatic rings. The summed E-state index contributed by atoms with van der Waals surface area (Å²) in [6.45, 7) is 0. The van der Waals surface area contributed by atoms with Crippen LogP contribution in [0.4, 0.5) is 22.0 Å². The van der Waals surface area contributed by atoms with Crippen molar-refractivity contribution in [2.24, 2.45) is 0 Å². The molecular formula is C9H5F5N2O2. The summed E-state index contributed by atoms with van der Waals surface area (Å²) in [5.74, 6) is -1.88. The van der Waals surface area contributed by atoms with Crippen LogP contribution in [0.25, 0.3) is 0 Å². The molecule has 0 saturated carbocycles. The standard InChI is InChI=1S/C9H5F5N2O2/c1-17-6-4(2-15)5(7(10)11)3-16-8(6)18-9(12,13)14/h3,7H,1H3. The van der Waals surface area contributed by atoms with Crippen molar-refractivity contribution in [3.8, 4) is 17.7 Å². The van der Waals surface area contributed by atoms with E-state index >= 15 is 0 Å². The molecule has 0 aromatic carbocycles. The summed E-state index contributed by atoms with van der Waals surface area (Å²) in [4.78, 5) is 3.07. The minimum Gasteiger partial charge on any atom is -0.490 e. The van der Waals surface area contributed by atoms with Crippen LogP contribution in [-0.2, 0) is 0 Å². The highest BCUT2D eigenvalue weighted by atomic mass is 19.4. The van der Waals surface area contributed by atoms with Gasteiger partial charge in [0.1, 0.15) is 11.6 Å². The van der Waals surface area contributed by atoms with E-state index in [0.29, 0.717) is 6.20 Å². The van der Waals surface area contributed by atoms with E-state index < -0.39 is 35.5 Å². The van der Waals surface area contributed by atoms with E-state index in [1.807, 2.05) is 0 Å². The average molecular weight is 268 g/mol. The molecule has 98 valence electrons. The van der Waals surface area contributed by atoms with E-state index in [1.165, 1.54) is 6.07 Å². The van der Waals surface area contributed by atoms with Gasteiger partial charge in [-0.1, -0.05) is 0 Å². The van der Waals surface area contributed by atoms with Gasteiger partial charge < -0.3 is 9.47 Å². The average Bonchev–Trinajstić information content (AvgIpc) is 2.25. The number of hydrogen-bond acceptors (Lipinski definition) is 4. The number of halogens is 5. The van der Waals surface area contributed by atoms with Crippen LogP contribution in [-0.4, -0.2) is 18.5 Å². The van der Waals surface area contributed by atoms with Crippen LogP contribution in [0.5, 0.6) is 11.6 Å². The van der Waals surface area contributed by atoms with E-state index in [1.54, 1.807) is 0 Å². The quantitative estimate of drug-likeness (QED) is 0.791. The maximum atomic E-state index is 12.5. The van der Waals surface area contributed by atoms with Crippen molar-refractivity contribution < 1.29 is 31.4 Å². The van der Waals surface area contributed by atoms with Crippen molar-refractivity contribution in [2.75, 3.05) is 7.11 Å². The van der Waals surface area contributed by atoms with Crippen molar-refractivity contribution >= 4 is 0 Å². The van der Waals surface area contributed by atoms with Gasteiger partial charge in [-0.05, 0) is 0 Å². The molecule has 0 atom stereocenters. The molecule has 0 aliphatic heterocycles. The van der Waals surface area contributed by atoms with Gasteiger partial charge in [0, 0.05) is 6.20 Å². The minimum absolute atomic E-state index is 0.437. The Hall–Kier alpha value is -2.11. The zero-order valence-electron chi connectivity index (χ0n) is 8.76. The molecule has 0 radical (unpaired) electrons. The number of nitriles is 1. The van der Waals surface area contributed by atoms with Crippen molar-refractivity contribution in [3.05, 3.63) is 17.3 Å². The van der Waals surface area contributed by atoms with Crippen molar-refractivity contribution in [1.82, 2.24) is 4.98 Å². The fourth-order valence-corrected chi connectivity index (χ4v) is 1.14. The van der Waals surface area contributed by atoms with Crippen molar-refractivity contribution in [1.29, 1.82) is 5.26 Å². The Kier molecular flexibility index (Phi) is 3.90. The second kappa shape index (κ2) is 5.03. The van der Waals surface area contributed by atoms with E-state index in [4.69, 9.17) is 5.26 Å². The fraction of sp³-hybridized carbons (Fsp3) is 0.333. The highest BCUT2D eigenvalue weighted by molar-refractivity contribution is 5.53. The van der Waals surface area contributed by atoms with Gasteiger partial charge in [0.2, 0.25) is 0 Å². The number of aromatic nitrogens is 1. The fourth-order valence-electron chi connectivity index (χ4n) is 1.14. The zero-order chi connectivity index (χ0) is 13.9. The van der Waals surface area contributed by atoms with Crippen LogP contribution >= 0.6 is 0 Å². The predicted molar refractivity (Wildman–Crippen MR) is 47.1 cm³/mol. The van der Waals surface area contributed by atoms with Gasteiger partial charge in [-0.2, -0.15) is 5.26 Å². The van der Waals surface area contributed by atoms with Crippen molar-refractivity contribution in [2.45, 2.75) is 12.8 Å². The molecule has 0 aliphatic rings. The number of hydrogen-bond donors (Lipinski definition) is 0. The summed E-state index contributed by atoms with van der Waals surface area (Å²) < 4.78 is 68.9. The van der Waals surface area contributed by atoms with E-state index in [0.717, 1.165) is 7.11 Å². The van der Waals surface area contributed by atoms with Gasteiger partial charge in [-0.15, -0.1) is 13.2 Å². The molecule has 0 unspecified atom stereocenters. The van der Waals surface area contributed by atoms with Gasteiger partial charge >= 0.3 is 6.36 Å². The molecule has 0 bridgehead atoms. The highest BCUT2D eigenvalue weighted by Gasteiger charge is 2.35. The Balaban J connectivity index is 3.36. The third-order valence-corrected chi connectivity index (χ3v) is 1.79. The van der Waals surface area contributed by atoms with Crippen molar-refractivity contribution in [3.63, 3.8) is 0 Å². The van der Waals surface area contributed by atoms with Crippen LogP contribution in [0.15, 0.2) is 6.20 Å². The lowest BCUT2D eigenvalue weighted by Crippen LogP contribution is -2.19. The lowest BCUT2D eigenvalue weighted by Gasteiger charge is -2.13. The number of nitrogens with zero attached hydrogens (tertiary/aromatic N) is 2. The summed E-state index contributed by atoms with van der Waals surface area (Å²) in [5, 5.41) is 8.67. The molecular weight excluding hydrogens is 263 g/mol. The first-order chi connectivity index (χ1) is 8.30. The summed E-state index contributed by atoms with van der Waals surface area (Å²) in [5.41, 5.74) is -1.58. The molecule has 0 spiro atoms. The molecule has 1 heterocycles. The normalized spacial score (nSPS) is 11.2. The summed E-state index contributed by atoms with van der Waals surface area (Å²) in [6, 6.07) is 1.33. The largest absolute Gasteiger partial charge is 0.574 e. The Bertz CT molecular complexity index is 481. The first-order valence-electron chi connectivity index (χ1n) is 4.31. The highest BCUT2D eigenvalue weighted by Crippen LogP contribution is 2.37. The number of ether oxygens (including phenoxy) is 2. The first-order valence-corrected chi connectivity index (χ1v) is 4.31. The zero-order valence-corrected chi connectivity index (χ0v) is 8.76. The number of methoxy groups -OCH3 is 1. The van der Waals surface area contributed by atoms with Gasteiger partial charge in [0.05, 0.1) is 12.7 Å². The molecule has 0 fully saturated rings. The number of alkyl halides is 5. The van der Waals surface area contributed by atoms with E-state index in [2.05, 4.69) is 14.5 Å². The molecule has 18 heavy (non-hydrogen) atoms. The summed E-state index contributed by atoms with van der Waals surface area (Å²) in [6.07, 6.45) is -7.70. The Morgan fingerprint density at radius 2 is 2.00 bits per heavy atom. The molecule has 1 rings (SSSR count). The maximum Gasteiger partial charge on any atom is 0.574 e. The summed E-state index contributed by atoms with van der Waals surface area (Å²) >= 11 is 0. The lowest BCUT2D eigenvalue weighted by atomic mass is 10.1. The molecule has 0 saturated heterocycles. The number of pyridine rings is 1. The van der Waals surface area contributed by atoms with E-state index in [-0.39, 0.29) is 0 Å². The second-order valence-electron chi connectivity index (χ2n) is 2.89. The second-order valence-corrected chi connectivity index (χ2v) is 2.89. The van der Waals surface area contributed by atoms with Crippen LogP contribution in [0.1, 0.15) is 17.6 Å². The first kappa shape index (κ1) is 14.0. The molecule has 0 aliphatic carbocycles. The molecule has 0 amide bonds. The SMILES string of the molecule is COc1c(OC(F)(F)F)ncc(C(F)F)c1C#N. The summed E-state index contributed by atoms with van der Waals surface area (Å²) in [7, 11) is 0.913. The van der Waals surface area contributed by atoms with Gasteiger partial charge in [-0.3, -0.25) is 0 Å². The lowest BCUT2D eigenvalue weighted by molar-refractivity contribution is -0.276. The molecule has 4 nitrogen and oxygen atoms in total. The Morgan fingerprint density at radius 3 is 2.39 bits per heavy atom. The smallest absolute Gasteiger partial charge is 0.490 e. The minimum atomic E-state index is -5.07. The van der Waals surface area contributed by atoms with Gasteiger partial charge in [-0.25, -0.2) is 13.8 Å². The van der Waals surface area contributed by atoms with Crippen LogP contribution < -0.4 is 9.47 Å². The molecule has 0 N–H and O–H groups in total. The predicted octanol–water partition coefficient (Wildman–Crippen LogP) is 2.80. The van der Waals surface area contributed by atoms with Crippen LogP contribution in [0, 0.1) is 11.3 Å². The Labute approximate surface area is 97.6 Å². The monoisotopic (exact) mass is 268 g/mol.